The standard InChI is InChI=1S/C22H29NO6/c1-11(2)18(23-21(26)29-22(6,7)8)20(25)28-16-10-12(3)9-15-17(16)13(4)14(5)19(24)27-15/h9-11,18H,1-8H3,(H,23,26). The number of amides is 1. The van der Waals surface area contributed by atoms with Crippen LogP contribution in [0.15, 0.2) is 21.3 Å². The first-order chi connectivity index (χ1) is 13.3. The molecule has 0 saturated heterocycles. The average molecular weight is 403 g/mol. The highest BCUT2D eigenvalue weighted by Gasteiger charge is 2.29. The van der Waals surface area contributed by atoms with E-state index in [9.17, 15) is 14.4 Å². The highest BCUT2D eigenvalue weighted by molar-refractivity contribution is 5.92. The van der Waals surface area contributed by atoms with Crippen LogP contribution in [0.25, 0.3) is 11.0 Å². The van der Waals surface area contributed by atoms with E-state index in [1.807, 2.05) is 6.92 Å². The Balaban J connectivity index is 2.39. The summed E-state index contributed by atoms with van der Waals surface area (Å²) in [6, 6.07) is 2.52. The van der Waals surface area contributed by atoms with Crippen LogP contribution in [0.4, 0.5) is 4.79 Å². The Bertz CT molecular complexity index is 997. The summed E-state index contributed by atoms with van der Waals surface area (Å²) in [4.78, 5) is 37.0. The van der Waals surface area contributed by atoms with Gasteiger partial charge in [-0.3, -0.25) is 0 Å². The number of benzene rings is 1. The number of carbonyl (C=O) groups excluding carboxylic acids is 2. The molecule has 2 aromatic rings. The normalized spacial score (nSPS) is 12.7. The summed E-state index contributed by atoms with van der Waals surface area (Å²) >= 11 is 0. The Morgan fingerprint density at radius 3 is 2.24 bits per heavy atom. The van der Waals surface area contributed by atoms with Gasteiger partial charge in [-0.25, -0.2) is 14.4 Å². The second-order valence-electron chi connectivity index (χ2n) is 8.56. The molecule has 1 heterocycles. The zero-order valence-electron chi connectivity index (χ0n) is 18.3. The van der Waals surface area contributed by atoms with Crippen LogP contribution in [0.1, 0.15) is 51.3 Å². The quantitative estimate of drug-likeness (QED) is 0.468. The lowest BCUT2D eigenvalue weighted by atomic mass is 10.0. The number of hydrogen-bond donors (Lipinski definition) is 1. The Hall–Kier alpha value is -2.83. The van der Waals surface area contributed by atoms with Crippen molar-refractivity contribution in [3.8, 4) is 5.75 Å². The lowest BCUT2D eigenvalue weighted by molar-refractivity contribution is -0.137. The fourth-order valence-corrected chi connectivity index (χ4v) is 2.87. The molecular formula is C22H29NO6. The Labute approximate surface area is 170 Å². The largest absolute Gasteiger partial charge is 0.444 e. The van der Waals surface area contributed by atoms with E-state index in [1.54, 1.807) is 60.6 Å². The van der Waals surface area contributed by atoms with E-state index < -0.39 is 29.3 Å². The van der Waals surface area contributed by atoms with Crippen LogP contribution in [0.2, 0.25) is 0 Å². The van der Waals surface area contributed by atoms with Crippen molar-refractivity contribution in [3.05, 3.63) is 39.2 Å². The fraction of sp³-hybridized carbons (Fsp3) is 0.500. The van der Waals surface area contributed by atoms with Crippen LogP contribution in [0, 0.1) is 26.7 Å². The second-order valence-corrected chi connectivity index (χ2v) is 8.56. The number of fused-ring (bicyclic) bond motifs is 1. The van der Waals surface area contributed by atoms with Crippen molar-refractivity contribution in [2.75, 3.05) is 0 Å². The molecule has 0 aliphatic carbocycles. The fourth-order valence-electron chi connectivity index (χ4n) is 2.87. The van der Waals surface area contributed by atoms with Gasteiger partial charge in [-0.2, -0.15) is 0 Å². The predicted molar refractivity (Wildman–Crippen MR) is 110 cm³/mol. The van der Waals surface area contributed by atoms with Gasteiger partial charge in [0.25, 0.3) is 0 Å². The van der Waals surface area contributed by atoms with Crippen molar-refractivity contribution in [1.29, 1.82) is 0 Å². The van der Waals surface area contributed by atoms with Gasteiger partial charge >= 0.3 is 17.7 Å². The molecule has 0 radical (unpaired) electrons. The van der Waals surface area contributed by atoms with Crippen LogP contribution in [-0.4, -0.2) is 23.7 Å². The first-order valence-electron chi connectivity index (χ1n) is 9.56. The Morgan fingerprint density at radius 1 is 1.07 bits per heavy atom. The van der Waals surface area contributed by atoms with E-state index >= 15 is 0 Å². The molecule has 7 heteroatoms. The summed E-state index contributed by atoms with van der Waals surface area (Å²) in [6.07, 6.45) is -0.694. The lowest BCUT2D eigenvalue weighted by Crippen LogP contribution is -2.48. The van der Waals surface area contributed by atoms with Gasteiger partial charge in [0.05, 0.1) is 5.39 Å². The molecule has 29 heavy (non-hydrogen) atoms. The summed E-state index contributed by atoms with van der Waals surface area (Å²) in [7, 11) is 0. The molecular weight excluding hydrogens is 374 g/mol. The smallest absolute Gasteiger partial charge is 0.408 e. The maximum Gasteiger partial charge on any atom is 0.408 e. The molecule has 0 saturated carbocycles. The minimum atomic E-state index is -0.905. The molecule has 7 nitrogen and oxygen atoms in total. The topological polar surface area (TPSA) is 94.8 Å². The van der Waals surface area contributed by atoms with Gasteiger partial charge in [0.1, 0.15) is 23.0 Å². The molecule has 1 aromatic heterocycles. The molecule has 0 fully saturated rings. The number of alkyl carbamates (subject to hydrolysis) is 1. The van der Waals surface area contributed by atoms with Crippen molar-refractivity contribution in [2.45, 2.75) is 67.0 Å². The predicted octanol–water partition coefficient (Wildman–Crippen LogP) is 4.17. The molecule has 1 N–H and O–H groups in total. The number of esters is 1. The van der Waals surface area contributed by atoms with Gasteiger partial charge in [-0.15, -0.1) is 0 Å². The maximum atomic E-state index is 12.9. The van der Waals surface area contributed by atoms with Crippen LogP contribution in [-0.2, 0) is 9.53 Å². The van der Waals surface area contributed by atoms with Crippen LogP contribution < -0.4 is 15.7 Å². The Kier molecular flexibility index (Phi) is 6.40. The molecule has 0 spiro atoms. The third-order valence-electron chi connectivity index (χ3n) is 4.46. The van der Waals surface area contributed by atoms with Gasteiger partial charge in [0.2, 0.25) is 0 Å². The number of rotatable bonds is 4. The third kappa shape index (κ3) is 5.37. The minimum Gasteiger partial charge on any atom is -0.444 e. The van der Waals surface area contributed by atoms with Crippen molar-refractivity contribution in [3.63, 3.8) is 0 Å². The molecule has 1 aromatic carbocycles. The molecule has 1 unspecified atom stereocenters. The molecule has 1 amide bonds. The minimum absolute atomic E-state index is 0.230. The van der Waals surface area contributed by atoms with Crippen LogP contribution >= 0.6 is 0 Å². The van der Waals surface area contributed by atoms with E-state index in [0.717, 1.165) is 5.56 Å². The van der Waals surface area contributed by atoms with Gasteiger partial charge in [0.15, 0.2) is 0 Å². The number of carbonyl (C=O) groups is 2. The van der Waals surface area contributed by atoms with E-state index in [4.69, 9.17) is 13.9 Å². The van der Waals surface area contributed by atoms with E-state index in [-0.39, 0.29) is 11.7 Å². The SMILES string of the molecule is Cc1cc(OC(=O)C(NC(=O)OC(C)(C)C)C(C)C)c2c(C)c(C)c(=O)oc2c1. The highest BCUT2D eigenvalue weighted by atomic mass is 16.6. The number of aryl methyl sites for hydroxylation is 2. The molecule has 0 bridgehead atoms. The first kappa shape index (κ1) is 22.5. The molecule has 1 atom stereocenters. The van der Waals surface area contributed by atoms with E-state index in [2.05, 4.69) is 5.32 Å². The zero-order valence-corrected chi connectivity index (χ0v) is 18.3. The third-order valence-corrected chi connectivity index (χ3v) is 4.46. The summed E-state index contributed by atoms with van der Waals surface area (Å²) < 4.78 is 16.3. The van der Waals surface area contributed by atoms with Crippen molar-refractivity contribution >= 4 is 23.0 Å². The van der Waals surface area contributed by atoms with E-state index in [1.165, 1.54) is 0 Å². The van der Waals surface area contributed by atoms with Gasteiger partial charge in [0, 0.05) is 5.56 Å². The lowest BCUT2D eigenvalue weighted by Gasteiger charge is -2.24. The van der Waals surface area contributed by atoms with Gasteiger partial charge < -0.3 is 19.2 Å². The summed E-state index contributed by atoms with van der Waals surface area (Å²) in [5, 5.41) is 3.14. The first-order valence-corrected chi connectivity index (χ1v) is 9.56. The average Bonchev–Trinajstić information content (AvgIpc) is 2.55. The number of hydrogen-bond acceptors (Lipinski definition) is 6. The Morgan fingerprint density at radius 2 is 1.69 bits per heavy atom. The van der Waals surface area contributed by atoms with Gasteiger partial charge in [-0.1, -0.05) is 13.8 Å². The van der Waals surface area contributed by atoms with Gasteiger partial charge in [-0.05, 0) is 70.7 Å². The van der Waals surface area contributed by atoms with Crippen molar-refractivity contribution < 1.29 is 23.5 Å². The monoisotopic (exact) mass is 403 g/mol. The van der Waals surface area contributed by atoms with Crippen molar-refractivity contribution in [2.24, 2.45) is 5.92 Å². The van der Waals surface area contributed by atoms with E-state index in [0.29, 0.717) is 22.1 Å². The summed E-state index contributed by atoms with van der Waals surface area (Å²) in [5.74, 6) is -0.571. The number of nitrogens with one attached hydrogen (secondary N) is 1. The summed E-state index contributed by atoms with van der Waals surface area (Å²) in [6.45, 7) is 14.1. The molecule has 2 rings (SSSR count). The maximum absolute atomic E-state index is 12.9. The summed E-state index contributed by atoms with van der Waals surface area (Å²) in [5.41, 5.74) is 1.14. The molecule has 0 aliphatic heterocycles. The zero-order chi connectivity index (χ0) is 22.1. The second kappa shape index (κ2) is 8.27. The van der Waals surface area contributed by atoms with Crippen molar-refractivity contribution in [1.82, 2.24) is 5.32 Å². The van der Waals surface area contributed by atoms with Crippen LogP contribution in [0.3, 0.4) is 0 Å². The van der Waals surface area contributed by atoms with Crippen LogP contribution in [0.5, 0.6) is 5.75 Å². The molecule has 158 valence electrons. The number of ether oxygens (including phenoxy) is 2. The highest BCUT2D eigenvalue weighted by Crippen LogP contribution is 2.31. The molecule has 0 aliphatic rings.